The van der Waals surface area contributed by atoms with Gasteiger partial charge in [0.25, 0.3) is 0 Å². The first-order valence-electron chi connectivity index (χ1n) is 11.2. The number of pyridine rings is 1. The van der Waals surface area contributed by atoms with Gasteiger partial charge in [-0.1, -0.05) is 24.3 Å². The number of nitrogens with one attached hydrogen (secondary N) is 1. The van der Waals surface area contributed by atoms with Crippen LogP contribution in [0.2, 0.25) is 0 Å². The van der Waals surface area contributed by atoms with Crippen molar-refractivity contribution < 1.29 is 14.6 Å². The topological polar surface area (TPSA) is 91.2 Å². The van der Waals surface area contributed by atoms with Crippen LogP contribution in [-0.2, 0) is 4.74 Å². The third kappa shape index (κ3) is 4.34. The van der Waals surface area contributed by atoms with E-state index in [1.807, 2.05) is 48.5 Å². The number of hydrogen-bond donors (Lipinski definition) is 2. The van der Waals surface area contributed by atoms with Crippen LogP contribution in [0.5, 0.6) is 5.75 Å². The van der Waals surface area contributed by atoms with E-state index >= 15 is 0 Å². The lowest BCUT2D eigenvalue weighted by molar-refractivity contribution is 0.0254. The van der Waals surface area contributed by atoms with Gasteiger partial charge < -0.3 is 19.6 Å². The summed E-state index contributed by atoms with van der Waals surface area (Å²) in [5.74, 6) is 0.614. The van der Waals surface area contributed by atoms with Crippen LogP contribution >= 0.6 is 0 Å². The van der Waals surface area contributed by atoms with Crippen molar-refractivity contribution in [3.05, 3.63) is 71.9 Å². The van der Waals surface area contributed by atoms with Crippen LogP contribution in [0.25, 0.3) is 33.4 Å². The molecule has 166 valence electrons. The molecule has 1 aliphatic heterocycles. The standard InChI is InChI=1S/C27H25N3O3/c1-17(31)18-3-2-4-20(13-18)25-15-24-23(7-10-29-27(24)30-25)19-5-6-26(21(14-19)16-28)33-22-8-11-32-12-9-22/h2-7,10,13-15,17,22,31H,8-9,11-12H2,1H3,(H,29,30). The van der Waals surface area contributed by atoms with Gasteiger partial charge in [0.15, 0.2) is 0 Å². The summed E-state index contributed by atoms with van der Waals surface area (Å²) in [4.78, 5) is 7.89. The predicted molar refractivity (Wildman–Crippen MR) is 127 cm³/mol. The molecule has 0 saturated carbocycles. The summed E-state index contributed by atoms with van der Waals surface area (Å²) in [5.41, 5.74) is 5.97. The Kier molecular flexibility index (Phi) is 5.82. The maximum Gasteiger partial charge on any atom is 0.138 e. The molecule has 2 N–H and O–H groups in total. The second kappa shape index (κ2) is 9.07. The fourth-order valence-corrected chi connectivity index (χ4v) is 4.26. The van der Waals surface area contributed by atoms with E-state index in [1.54, 1.807) is 13.1 Å². The van der Waals surface area contributed by atoms with Gasteiger partial charge in [0.05, 0.1) is 24.9 Å². The highest BCUT2D eigenvalue weighted by molar-refractivity contribution is 5.96. The van der Waals surface area contributed by atoms with Gasteiger partial charge in [-0.05, 0) is 59.5 Å². The number of fused-ring (bicyclic) bond motifs is 1. The molecule has 4 aromatic rings. The van der Waals surface area contributed by atoms with Crippen molar-refractivity contribution in [2.75, 3.05) is 13.2 Å². The Hall–Kier alpha value is -3.66. The van der Waals surface area contributed by atoms with E-state index in [2.05, 4.69) is 22.1 Å². The van der Waals surface area contributed by atoms with E-state index in [9.17, 15) is 10.4 Å². The summed E-state index contributed by atoms with van der Waals surface area (Å²) < 4.78 is 11.5. The van der Waals surface area contributed by atoms with E-state index < -0.39 is 6.10 Å². The molecule has 33 heavy (non-hydrogen) atoms. The van der Waals surface area contributed by atoms with E-state index in [1.165, 1.54) is 0 Å². The summed E-state index contributed by atoms with van der Waals surface area (Å²) in [7, 11) is 0. The number of aliphatic hydroxyl groups excluding tert-OH is 1. The number of aliphatic hydroxyl groups is 1. The molecule has 0 amide bonds. The van der Waals surface area contributed by atoms with Crippen LogP contribution in [0, 0.1) is 11.3 Å². The average Bonchev–Trinajstić information content (AvgIpc) is 3.30. The highest BCUT2D eigenvalue weighted by Gasteiger charge is 2.18. The molecule has 0 bridgehead atoms. The normalized spacial score (nSPS) is 15.3. The van der Waals surface area contributed by atoms with Gasteiger partial charge in [-0.3, -0.25) is 0 Å². The van der Waals surface area contributed by atoms with Crippen LogP contribution in [0.1, 0.15) is 37.0 Å². The van der Waals surface area contributed by atoms with E-state index in [0.29, 0.717) is 24.5 Å². The summed E-state index contributed by atoms with van der Waals surface area (Å²) in [6.07, 6.45) is 2.98. The molecular formula is C27H25N3O3. The van der Waals surface area contributed by atoms with Crippen molar-refractivity contribution >= 4 is 11.0 Å². The van der Waals surface area contributed by atoms with Crippen molar-refractivity contribution in [3.8, 4) is 34.2 Å². The second-order valence-electron chi connectivity index (χ2n) is 8.36. The molecule has 1 aliphatic rings. The molecule has 0 aliphatic carbocycles. The predicted octanol–water partition coefficient (Wildman–Crippen LogP) is 5.38. The lowest BCUT2D eigenvalue weighted by Crippen LogP contribution is -2.26. The number of aromatic amines is 1. The van der Waals surface area contributed by atoms with Crippen LogP contribution in [0.15, 0.2) is 60.8 Å². The fraction of sp³-hybridized carbons (Fsp3) is 0.259. The molecule has 2 aromatic heterocycles. The number of nitriles is 1. The summed E-state index contributed by atoms with van der Waals surface area (Å²) >= 11 is 0. The number of aromatic nitrogens is 2. The number of benzene rings is 2. The minimum Gasteiger partial charge on any atom is -0.489 e. The molecule has 1 atom stereocenters. The first-order chi connectivity index (χ1) is 16.1. The second-order valence-corrected chi connectivity index (χ2v) is 8.36. The maximum atomic E-state index is 9.94. The van der Waals surface area contributed by atoms with Gasteiger partial charge in [-0.2, -0.15) is 5.26 Å². The monoisotopic (exact) mass is 439 g/mol. The van der Waals surface area contributed by atoms with Crippen molar-refractivity contribution in [1.29, 1.82) is 5.26 Å². The van der Waals surface area contributed by atoms with E-state index in [4.69, 9.17) is 9.47 Å². The first kappa shape index (κ1) is 21.2. The molecule has 0 radical (unpaired) electrons. The van der Waals surface area contributed by atoms with Crippen LogP contribution in [0.4, 0.5) is 0 Å². The first-order valence-corrected chi connectivity index (χ1v) is 11.2. The van der Waals surface area contributed by atoms with Crippen LogP contribution < -0.4 is 4.74 Å². The van der Waals surface area contributed by atoms with Crippen LogP contribution in [0.3, 0.4) is 0 Å². The van der Waals surface area contributed by atoms with E-state index in [0.717, 1.165) is 51.8 Å². The molecule has 0 spiro atoms. The van der Waals surface area contributed by atoms with Gasteiger partial charge in [0.2, 0.25) is 0 Å². The zero-order valence-electron chi connectivity index (χ0n) is 18.4. The molecule has 1 unspecified atom stereocenters. The van der Waals surface area contributed by atoms with Gasteiger partial charge in [0, 0.05) is 30.1 Å². The third-order valence-electron chi connectivity index (χ3n) is 6.08. The molecule has 6 nitrogen and oxygen atoms in total. The summed E-state index contributed by atoms with van der Waals surface area (Å²) in [5, 5.41) is 20.7. The van der Waals surface area contributed by atoms with Gasteiger partial charge in [0.1, 0.15) is 23.6 Å². The maximum absolute atomic E-state index is 9.94. The summed E-state index contributed by atoms with van der Waals surface area (Å²) in [6.45, 7) is 3.14. The number of nitrogens with zero attached hydrogens (tertiary/aromatic N) is 2. The smallest absolute Gasteiger partial charge is 0.138 e. The van der Waals surface area contributed by atoms with Crippen molar-refractivity contribution in [3.63, 3.8) is 0 Å². The summed E-state index contributed by atoms with van der Waals surface area (Å²) in [6, 6.07) is 19.9. The minimum absolute atomic E-state index is 0.0777. The third-order valence-corrected chi connectivity index (χ3v) is 6.08. The molecule has 2 aromatic carbocycles. The van der Waals surface area contributed by atoms with Gasteiger partial charge in [-0.15, -0.1) is 0 Å². The number of rotatable bonds is 5. The average molecular weight is 440 g/mol. The Balaban J connectivity index is 1.51. The number of hydrogen-bond acceptors (Lipinski definition) is 5. The quantitative estimate of drug-likeness (QED) is 0.436. The minimum atomic E-state index is -0.533. The largest absolute Gasteiger partial charge is 0.489 e. The Morgan fingerprint density at radius 1 is 1.12 bits per heavy atom. The van der Waals surface area contributed by atoms with E-state index in [-0.39, 0.29) is 6.10 Å². The molecular weight excluding hydrogens is 414 g/mol. The van der Waals surface area contributed by atoms with Gasteiger partial charge >= 0.3 is 0 Å². The molecule has 3 heterocycles. The Morgan fingerprint density at radius 3 is 2.76 bits per heavy atom. The Morgan fingerprint density at radius 2 is 1.97 bits per heavy atom. The zero-order chi connectivity index (χ0) is 22.8. The highest BCUT2D eigenvalue weighted by Crippen LogP contribution is 2.34. The lowest BCUT2D eigenvalue weighted by atomic mass is 10.00. The van der Waals surface area contributed by atoms with Crippen molar-refractivity contribution in [2.24, 2.45) is 0 Å². The highest BCUT2D eigenvalue weighted by atomic mass is 16.5. The number of ether oxygens (including phenoxy) is 2. The Bertz CT molecular complexity index is 1330. The van der Waals surface area contributed by atoms with Gasteiger partial charge in [-0.25, -0.2) is 4.98 Å². The molecule has 1 saturated heterocycles. The van der Waals surface area contributed by atoms with Crippen molar-refractivity contribution in [1.82, 2.24) is 9.97 Å². The number of H-pyrrole nitrogens is 1. The van der Waals surface area contributed by atoms with Crippen molar-refractivity contribution in [2.45, 2.75) is 32.0 Å². The molecule has 6 heteroatoms. The zero-order valence-corrected chi connectivity index (χ0v) is 18.4. The van der Waals surface area contributed by atoms with Crippen LogP contribution in [-0.4, -0.2) is 34.4 Å². The lowest BCUT2D eigenvalue weighted by Gasteiger charge is -2.23. The molecule has 1 fully saturated rings. The SMILES string of the molecule is CC(O)c1cccc(-c2cc3c(-c4ccc(OC5CCOCC5)c(C#N)c4)ccnc3[nH]2)c1. The Labute approximate surface area is 192 Å². The molecule has 5 rings (SSSR count). The fourth-order valence-electron chi connectivity index (χ4n) is 4.26.